The van der Waals surface area contributed by atoms with Crippen molar-refractivity contribution in [3.05, 3.63) is 169 Å². The molecular formula is C37H26N2W. The Kier molecular flexibility index (Phi) is 7.36. The molecule has 6 aromatic carbocycles. The van der Waals surface area contributed by atoms with Crippen molar-refractivity contribution in [3.63, 3.8) is 0 Å². The molecule has 0 saturated carbocycles. The summed E-state index contributed by atoms with van der Waals surface area (Å²) in [5.41, 5.74) is 11.8. The molecule has 1 aliphatic heterocycles. The van der Waals surface area contributed by atoms with E-state index in [-0.39, 0.29) is 21.1 Å². The summed E-state index contributed by atoms with van der Waals surface area (Å²) in [4.78, 5) is 4.56. The zero-order valence-corrected chi connectivity index (χ0v) is 24.8. The summed E-state index contributed by atoms with van der Waals surface area (Å²) in [5.74, 6) is 0. The van der Waals surface area contributed by atoms with Gasteiger partial charge in [0, 0.05) is 29.2 Å². The molecule has 0 saturated heterocycles. The second-order valence-corrected chi connectivity index (χ2v) is 9.69. The minimum absolute atomic E-state index is 0. The van der Waals surface area contributed by atoms with Gasteiger partial charge < -0.3 is 9.80 Å². The van der Waals surface area contributed by atoms with E-state index in [2.05, 4.69) is 131 Å². The SMILES string of the molecule is [W+2].[c-]1ccccc1N(c1[c-]cccc1)c1ccc(-c2ccc(N3c4ccccc4Cc4ccccc43)cc2)cc1. The Bertz CT molecular complexity index is 1630. The van der Waals surface area contributed by atoms with Crippen LogP contribution < -0.4 is 9.80 Å². The zero-order chi connectivity index (χ0) is 26.0. The van der Waals surface area contributed by atoms with Gasteiger partial charge in [-0.2, -0.15) is 48.5 Å². The number of fused-ring (bicyclic) bond motifs is 2. The molecule has 3 heteroatoms. The van der Waals surface area contributed by atoms with Gasteiger partial charge in [-0.05, 0) is 58.7 Å². The minimum atomic E-state index is 0. The molecule has 0 bridgehead atoms. The average Bonchev–Trinajstić information content (AvgIpc) is 3.02. The number of anilines is 6. The molecule has 0 aromatic heterocycles. The number of rotatable bonds is 5. The summed E-state index contributed by atoms with van der Waals surface area (Å²) < 4.78 is 0. The molecule has 0 radical (unpaired) electrons. The van der Waals surface area contributed by atoms with Crippen molar-refractivity contribution < 1.29 is 21.1 Å². The van der Waals surface area contributed by atoms with Gasteiger partial charge in [0.15, 0.2) is 0 Å². The van der Waals surface area contributed by atoms with Crippen molar-refractivity contribution >= 4 is 34.1 Å². The smallest absolute Gasteiger partial charge is 0.359 e. The molecule has 0 fully saturated rings. The van der Waals surface area contributed by atoms with E-state index in [1.54, 1.807) is 0 Å². The Morgan fingerprint density at radius 3 is 1.48 bits per heavy atom. The van der Waals surface area contributed by atoms with Gasteiger partial charge in [0.2, 0.25) is 0 Å². The van der Waals surface area contributed by atoms with E-state index in [0.29, 0.717) is 0 Å². The molecule has 0 N–H and O–H groups in total. The second-order valence-electron chi connectivity index (χ2n) is 9.69. The number of nitrogens with zero attached hydrogens (tertiary/aromatic N) is 2. The van der Waals surface area contributed by atoms with Gasteiger partial charge in [-0.25, -0.2) is 0 Å². The monoisotopic (exact) mass is 682 g/mol. The van der Waals surface area contributed by atoms with Gasteiger partial charge >= 0.3 is 21.1 Å². The standard InChI is InChI=1S/C37H26N2.W/c1-3-13-32(14-4-1)38(33-15-5-2-6-16-33)34-23-19-28(20-24-34)29-21-25-35(26-22-29)39-36-17-9-7-11-30(36)27-31-12-8-10-18-37(31)39;/h1-13,15,17-26H,27H2;/q-2;+2. The Morgan fingerprint density at radius 1 is 0.500 bits per heavy atom. The first-order valence-electron chi connectivity index (χ1n) is 13.3. The molecule has 0 unspecified atom stereocenters. The molecule has 190 valence electrons. The zero-order valence-electron chi connectivity index (χ0n) is 21.9. The molecule has 7 rings (SSSR count). The first-order valence-corrected chi connectivity index (χ1v) is 13.3. The molecule has 2 nitrogen and oxygen atoms in total. The van der Waals surface area contributed by atoms with E-state index in [4.69, 9.17) is 0 Å². The van der Waals surface area contributed by atoms with Crippen molar-refractivity contribution in [1.29, 1.82) is 0 Å². The van der Waals surface area contributed by atoms with Crippen LogP contribution in [0, 0.1) is 12.1 Å². The number of hydrogen-bond donors (Lipinski definition) is 0. The van der Waals surface area contributed by atoms with Crippen molar-refractivity contribution in [2.75, 3.05) is 9.80 Å². The van der Waals surface area contributed by atoms with Crippen LogP contribution >= 0.6 is 0 Å². The first-order chi connectivity index (χ1) is 19.3. The van der Waals surface area contributed by atoms with Gasteiger partial charge in [-0.1, -0.05) is 72.0 Å². The molecule has 6 aromatic rings. The predicted molar refractivity (Wildman–Crippen MR) is 162 cm³/mol. The third-order valence-corrected chi connectivity index (χ3v) is 7.30. The van der Waals surface area contributed by atoms with E-state index >= 15 is 0 Å². The van der Waals surface area contributed by atoms with Crippen LogP contribution in [0.15, 0.2) is 146 Å². The van der Waals surface area contributed by atoms with E-state index in [9.17, 15) is 0 Å². The summed E-state index contributed by atoms with van der Waals surface area (Å²) in [6.07, 6.45) is 0.964. The molecule has 0 aliphatic carbocycles. The van der Waals surface area contributed by atoms with Crippen molar-refractivity contribution in [1.82, 2.24) is 0 Å². The van der Waals surface area contributed by atoms with Crippen molar-refractivity contribution in [2.24, 2.45) is 0 Å². The molecule has 0 atom stereocenters. The van der Waals surface area contributed by atoms with Crippen LogP contribution in [0.25, 0.3) is 11.1 Å². The Labute approximate surface area is 250 Å². The van der Waals surface area contributed by atoms with Crippen LogP contribution in [0.5, 0.6) is 0 Å². The van der Waals surface area contributed by atoms with Crippen LogP contribution in [0.3, 0.4) is 0 Å². The topological polar surface area (TPSA) is 6.48 Å². The Balaban J connectivity index is 0.00000289. The first kappa shape index (κ1) is 25.9. The summed E-state index contributed by atoms with van der Waals surface area (Å²) in [5, 5.41) is 0. The molecular weight excluding hydrogens is 656 g/mol. The maximum absolute atomic E-state index is 3.36. The van der Waals surface area contributed by atoms with Crippen LogP contribution in [-0.4, -0.2) is 0 Å². The third kappa shape index (κ3) is 4.88. The van der Waals surface area contributed by atoms with E-state index in [1.807, 2.05) is 36.4 Å². The van der Waals surface area contributed by atoms with E-state index < -0.39 is 0 Å². The molecule has 1 aliphatic rings. The number of para-hydroxylation sites is 4. The average molecular weight is 682 g/mol. The molecule has 40 heavy (non-hydrogen) atoms. The fraction of sp³-hybridized carbons (Fsp3) is 0.0270. The van der Waals surface area contributed by atoms with Crippen LogP contribution in [0.2, 0.25) is 0 Å². The van der Waals surface area contributed by atoms with Gasteiger partial charge in [-0.15, -0.1) is 12.1 Å². The number of hydrogen-bond acceptors (Lipinski definition) is 2. The van der Waals surface area contributed by atoms with Gasteiger partial charge in [0.1, 0.15) is 0 Å². The molecule has 0 amide bonds. The minimum Gasteiger partial charge on any atom is -0.359 e. The van der Waals surface area contributed by atoms with E-state index in [1.165, 1.54) is 39.3 Å². The summed E-state index contributed by atoms with van der Waals surface area (Å²) in [6.45, 7) is 0. The Morgan fingerprint density at radius 2 is 0.975 bits per heavy atom. The van der Waals surface area contributed by atoms with Crippen molar-refractivity contribution in [2.45, 2.75) is 6.42 Å². The van der Waals surface area contributed by atoms with Gasteiger partial charge in [0.05, 0.1) is 0 Å². The summed E-state index contributed by atoms with van der Waals surface area (Å²) >= 11 is 0. The maximum atomic E-state index is 3.36. The predicted octanol–water partition coefficient (Wildman–Crippen LogP) is 9.80. The molecule has 0 spiro atoms. The second kappa shape index (κ2) is 11.4. The summed E-state index contributed by atoms with van der Waals surface area (Å²) in [7, 11) is 0. The maximum Gasteiger partial charge on any atom is 2.00 e. The van der Waals surface area contributed by atoms with Gasteiger partial charge in [-0.3, -0.25) is 0 Å². The fourth-order valence-electron chi connectivity index (χ4n) is 5.43. The van der Waals surface area contributed by atoms with Crippen LogP contribution in [0.4, 0.5) is 34.1 Å². The number of benzene rings is 6. The quantitative estimate of drug-likeness (QED) is 0.167. The van der Waals surface area contributed by atoms with E-state index in [0.717, 1.165) is 23.5 Å². The Hall–Kier alpha value is -4.39. The van der Waals surface area contributed by atoms with Crippen LogP contribution in [-0.2, 0) is 27.5 Å². The fourth-order valence-corrected chi connectivity index (χ4v) is 5.43. The largest absolute Gasteiger partial charge is 2.00 e. The third-order valence-electron chi connectivity index (χ3n) is 7.30. The van der Waals surface area contributed by atoms with Gasteiger partial charge in [0.25, 0.3) is 0 Å². The van der Waals surface area contributed by atoms with Crippen molar-refractivity contribution in [3.8, 4) is 11.1 Å². The molecule has 1 heterocycles. The summed E-state index contributed by atoms with van der Waals surface area (Å²) in [6, 6.07) is 57.9. The normalized spacial score (nSPS) is 11.7. The van der Waals surface area contributed by atoms with Crippen LogP contribution in [0.1, 0.15) is 11.1 Å².